The van der Waals surface area contributed by atoms with E-state index in [0.29, 0.717) is 30.5 Å². The molecule has 2 fully saturated rings. The number of halogens is 2. The molecule has 0 spiro atoms. The maximum Gasteiger partial charge on any atom is 0.191 e. The summed E-state index contributed by atoms with van der Waals surface area (Å²) < 4.78 is 37.1. The van der Waals surface area contributed by atoms with Crippen molar-refractivity contribution in [3.8, 4) is 0 Å². The van der Waals surface area contributed by atoms with Gasteiger partial charge in [-0.05, 0) is 31.2 Å². The Hall–Kier alpha value is -0.900. The molecule has 0 radical (unpaired) electrons. The quantitative estimate of drug-likeness (QED) is 0.363. The minimum absolute atomic E-state index is 0. The summed E-state index contributed by atoms with van der Waals surface area (Å²) in [7, 11) is -2.88. The molecule has 152 valence electrons. The summed E-state index contributed by atoms with van der Waals surface area (Å²) in [5.41, 5.74) is 0.556. The maximum absolute atomic E-state index is 13.8. The summed E-state index contributed by atoms with van der Waals surface area (Å²) in [4.78, 5) is 4.55. The van der Waals surface area contributed by atoms with Gasteiger partial charge in [-0.15, -0.1) is 24.0 Å². The number of rotatable bonds is 5. The highest BCUT2D eigenvalue weighted by atomic mass is 127. The zero-order valence-corrected chi connectivity index (χ0v) is 18.6. The number of sulfone groups is 1. The lowest BCUT2D eigenvalue weighted by molar-refractivity contribution is 0.408. The number of hydrogen-bond donors (Lipinski definition) is 2. The van der Waals surface area contributed by atoms with E-state index >= 15 is 0 Å². The first-order valence-electron chi connectivity index (χ1n) is 9.50. The third kappa shape index (κ3) is 7.21. The van der Waals surface area contributed by atoms with Crippen molar-refractivity contribution in [3.63, 3.8) is 0 Å². The summed E-state index contributed by atoms with van der Waals surface area (Å²) in [5.74, 6) is 1.03. The van der Waals surface area contributed by atoms with Crippen LogP contribution in [0, 0.1) is 11.7 Å². The van der Waals surface area contributed by atoms with Crippen LogP contribution in [-0.2, 0) is 16.4 Å². The van der Waals surface area contributed by atoms with Crippen LogP contribution in [0.25, 0.3) is 0 Å². The van der Waals surface area contributed by atoms with Gasteiger partial charge >= 0.3 is 0 Å². The monoisotopic (exact) mass is 509 g/mol. The number of guanidine groups is 1. The van der Waals surface area contributed by atoms with E-state index in [0.717, 1.165) is 12.8 Å². The number of aliphatic imine (C=N–C) groups is 1. The van der Waals surface area contributed by atoms with Gasteiger partial charge in [-0.25, -0.2) is 17.8 Å². The summed E-state index contributed by atoms with van der Waals surface area (Å²) in [6.07, 6.45) is 6.60. The zero-order valence-electron chi connectivity index (χ0n) is 15.5. The normalized spacial score (nSPS) is 22.9. The highest BCUT2D eigenvalue weighted by Gasteiger charge is 2.28. The average Bonchev–Trinajstić information content (AvgIpc) is 2.98. The molecule has 1 aliphatic heterocycles. The Balaban J connectivity index is 0.00000261. The van der Waals surface area contributed by atoms with Gasteiger partial charge in [0.05, 0.1) is 18.1 Å². The molecule has 1 saturated heterocycles. The van der Waals surface area contributed by atoms with Gasteiger partial charge in [-0.1, -0.05) is 37.5 Å². The summed E-state index contributed by atoms with van der Waals surface area (Å²) in [6.45, 7) is 0.840. The predicted molar refractivity (Wildman–Crippen MR) is 118 cm³/mol. The van der Waals surface area contributed by atoms with Crippen molar-refractivity contribution in [1.82, 2.24) is 10.6 Å². The van der Waals surface area contributed by atoms with Gasteiger partial charge in [0.15, 0.2) is 15.8 Å². The smallest absolute Gasteiger partial charge is 0.191 e. The highest BCUT2D eigenvalue weighted by Crippen LogP contribution is 2.19. The minimum Gasteiger partial charge on any atom is -0.356 e. The van der Waals surface area contributed by atoms with Crippen LogP contribution in [0.5, 0.6) is 0 Å². The van der Waals surface area contributed by atoms with E-state index < -0.39 is 9.84 Å². The number of benzene rings is 1. The van der Waals surface area contributed by atoms with Gasteiger partial charge in [0.1, 0.15) is 5.82 Å². The lowest BCUT2D eigenvalue weighted by Gasteiger charge is -2.25. The molecule has 0 bridgehead atoms. The van der Waals surface area contributed by atoms with Crippen LogP contribution in [0.4, 0.5) is 4.39 Å². The van der Waals surface area contributed by atoms with Crippen molar-refractivity contribution >= 4 is 39.8 Å². The molecule has 1 heterocycles. The Morgan fingerprint density at radius 2 is 1.89 bits per heavy atom. The molecule has 1 aromatic rings. The van der Waals surface area contributed by atoms with Gasteiger partial charge in [0.2, 0.25) is 0 Å². The second-order valence-corrected chi connectivity index (χ2v) is 9.61. The molecule has 1 aromatic carbocycles. The van der Waals surface area contributed by atoms with E-state index in [9.17, 15) is 12.8 Å². The fraction of sp³-hybridized carbons (Fsp3) is 0.632. The summed E-state index contributed by atoms with van der Waals surface area (Å²) in [5, 5.41) is 6.75. The molecule has 5 nitrogen and oxygen atoms in total. The van der Waals surface area contributed by atoms with Gasteiger partial charge in [-0.3, -0.25) is 0 Å². The Morgan fingerprint density at radius 1 is 1.15 bits per heavy atom. The molecule has 8 heteroatoms. The Bertz CT molecular complexity index is 736. The molecule has 1 atom stereocenters. The average molecular weight is 509 g/mol. The fourth-order valence-electron chi connectivity index (χ4n) is 3.66. The van der Waals surface area contributed by atoms with Crippen molar-refractivity contribution in [2.45, 2.75) is 51.1 Å². The zero-order chi connectivity index (χ0) is 18.4. The van der Waals surface area contributed by atoms with Crippen molar-refractivity contribution in [2.24, 2.45) is 10.9 Å². The molecule has 3 rings (SSSR count). The molecular weight excluding hydrogens is 480 g/mol. The lowest BCUT2D eigenvalue weighted by Crippen LogP contribution is -2.45. The third-order valence-electron chi connectivity index (χ3n) is 5.20. The van der Waals surface area contributed by atoms with E-state index in [4.69, 9.17) is 0 Å². The summed E-state index contributed by atoms with van der Waals surface area (Å²) >= 11 is 0. The standard InChI is InChI=1S/C19H28FN3O2S.HI/c20-18-9-5-4-6-16(18)13-22-19(23-17-7-2-1-3-8-17)21-12-15-10-11-26(24,25)14-15;/h4-6,9,15,17H,1-3,7-8,10-14H2,(H2,21,22,23);1H. The first kappa shape index (κ1) is 22.4. The lowest BCUT2D eigenvalue weighted by atomic mass is 9.96. The van der Waals surface area contributed by atoms with E-state index in [1.54, 1.807) is 18.2 Å². The maximum atomic E-state index is 13.8. The van der Waals surface area contributed by atoms with Gasteiger partial charge < -0.3 is 10.6 Å². The second-order valence-electron chi connectivity index (χ2n) is 7.39. The van der Waals surface area contributed by atoms with Crippen molar-refractivity contribution in [2.75, 3.05) is 18.1 Å². The molecular formula is C19H29FIN3O2S. The molecule has 1 saturated carbocycles. The molecule has 2 aliphatic rings. The number of nitrogens with zero attached hydrogens (tertiary/aromatic N) is 1. The molecule has 27 heavy (non-hydrogen) atoms. The minimum atomic E-state index is -2.88. The topological polar surface area (TPSA) is 70.6 Å². The number of hydrogen-bond acceptors (Lipinski definition) is 3. The van der Waals surface area contributed by atoms with Crippen LogP contribution >= 0.6 is 24.0 Å². The van der Waals surface area contributed by atoms with Gasteiger partial charge in [-0.2, -0.15) is 0 Å². The molecule has 1 aliphatic carbocycles. The van der Waals surface area contributed by atoms with E-state index in [2.05, 4.69) is 15.6 Å². The number of nitrogens with one attached hydrogen (secondary N) is 2. The van der Waals surface area contributed by atoms with Crippen LogP contribution in [0.3, 0.4) is 0 Å². The second kappa shape index (κ2) is 10.6. The molecule has 1 unspecified atom stereocenters. The third-order valence-corrected chi connectivity index (χ3v) is 7.03. The first-order chi connectivity index (χ1) is 12.5. The van der Waals surface area contributed by atoms with Crippen molar-refractivity contribution in [3.05, 3.63) is 35.6 Å². The van der Waals surface area contributed by atoms with Crippen LogP contribution < -0.4 is 10.6 Å². The van der Waals surface area contributed by atoms with Gasteiger partial charge in [0, 0.05) is 18.2 Å². The fourth-order valence-corrected chi connectivity index (χ4v) is 5.52. The SMILES string of the molecule is I.O=S1(=O)CCC(CNC(=NCc2ccccc2F)NC2CCCCC2)C1. The molecule has 2 N–H and O–H groups in total. The highest BCUT2D eigenvalue weighted by molar-refractivity contribution is 14.0. The van der Waals surface area contributed by atoms with Crippen LogP contribution in [0.2, 0.25) is 0 Å². The van der Waals surface area contributed by atoms with Crippen LogP contribution in [0.1, 0.15) is 44.1 Å². The predicted octanol–water partition coefficient (Wildman–Crippen LogP) is 3.25. The van der Waals surface area contributed by atoms with Crippen molar-refractivity contribution < 1.29 is 12.8 Å². The van der Waals surface area contributed by atoms with E-state index in [1.165, 1.54) is 25.3 Å². The molecule has 0 amide bonds. The van der Waals surface area contributed by atoms with Crippen molar-refractivity contribution in [1.29, 1.82) is 0 Å². The molecule has 0 aromatic heterocycles. The Morgan fingerprint density at radius 3 is 2.56 bits per heavy atom. The van der Waals surface area contributed by atoms with E-state index in [-0.39, 0.29) is 53.8 Å². The van der Waals surface area contributed by atoms with E-state index in [1.807, 2.05) is 0 Å². The Kier molecular flexibility index (Phi) is 8.78. The Labute approximate surface area is 178 Å². The first-order valence-corrected chi connectivity index (χ1v) is 11.3. The largest absolute Gasteiger partial charge is 0.356 e. The summed E-state index contributed by atoms with van der Waals surface area (Å²) in [6, 6.07) is 7.03. The van der Waals surface area contributed by atoms with Crippen LogP contribution in [-0.4, -0.2) is 38.5 Å². The van der Waals surface area contributed by atoms with Crippen LogP contribution in [0.15, 0.2) is 29.3 Å². The van der Waals surface area contributed by atoms with Gasteiger partial charge in [0.25, 0.3) is 0 Å².